The summed E-state index contributed by atoms with van der Waals surface area (Å²) >= 11 is 0. The number of nitrogens with two attached hydrogens (primary N) is 1. The minimum atomic E-state index is 0.0514. The van der Waals surface area contributed by atoms with Crippen LogP contribution in [0, 0.1) is 0 Å². The van der Waals surface area contributed by atoms with E-state index in [2.05, 4.69) is 5.32 Å². The number of ether oxygens (including phenoxy) is 3. The monoisotopic (exact) mass is 252 g/mol. The fourth-order valence-electron chi connectivity index (χ4n) is 1.84. The molecule has 5 heteroatoms. The second-order valence-corrected chi connectivity index (χ2v) is 4.29. The first-order valence-electron chi connectivity index (χ1n) is 6.16. The predicted octanol–water partition coefficient (Wildman–Crippen LogP) is 1.49. The molecule has 1 heterocycles. The van der Waals surface area contributed by atoms with Crippen LogP contribution in [0.4, 0.5) is 11.4 Å². The van der Waals surface area contributed by atoms with Crippen molar-refractivity contribution in [2.45, 2.75) is 12.5 Å². The molecule has 1 atom stereocenters. The van der Waals surface area contributed by atoms with Crippen molar-refractivity contribution in [1.82, 2.24) is 0 Å². The lowest BCUT2D eigenvalue weighted by atomic mass is 10.2. The number of rotatable bonds is 5. The van der Waals surface area contributed by atoms with Crippen molar-refractivity contribution in [3.63, 3.8) is 0 Å². The zero-order valence-corrected chi connectivity index (χ0v) is 10.6. The van der Waals surface area contributed by atoms with E-state index in [1.807, 2.05) is 18.2 Å². The molecular weight excluding hydrogens is 232 g/mol. The number of hydrogen-bond donors (Lipinski definition) is 2. The summed E-state index contributed by atoms with van der Waals surface area (Å²) in [5.41, 5.74) is 7.40. The zero-order valence-electron chi connectivity index (χ0n) is 10.6. The summed E-state index contributed by atoms with van der Waals surface area (Å²) in [7, 11) is 1.69. The number of benzene rings is 1. The minimum Gasteiger partial charge on any atom is -0.489 e. The molecule has 3 N–H and O–H groups in total. The summed E-state index contributed by atoms with van der Waals surface area (Å²) in [5.74, 6) is 0.826. The van der Waals surface area contributed by atoms with E-state index in [1.165, 1.54) is 0 Å². The number of nitrogens with one attached hydrogen (secondary N) is 1. The topological polar surface area (TPSA) is 65.7 Å². The predicted molar refractivity (Wildman–Crippen MR) is 71.1 cm³/mol. The lowest BCUT2D eigenvalue weighted by Crippen LogP contribution is -2.28. The van der Waals surface area contributed by atoms with Crippen LogP contribution < -0.4 is 15.8 Å². The van der Waals surface area contributed by atoms with Crippen LogP contribution in [0.3, 0.4) is 0 Å². The van der Waals surface area contributed by atoms with Crippen molar-refractivity contribution in [1.29, 1.82) is 0 Å². The maximum Gasteiger partial charge on any atom is 0.142 e. The number of methoxy groups -OCH3 is 1. The van der Waals surface area contributed by atoms with Gasteiger partial charge in [0, 0.05) is 32.6 Å². The first kappa shape index (κ1) is 13.0. The third kappa shape index (κ3) is 3.51. The zero-order chi connectivity index (χ0) is 12.8. The maximum atomic E-state index is 5.74. The van der Waals surface area contributed by atoms with E-state index in [4.69, 9.17) is 19.9 Å². The Bertz CT molecular complexity index is 384. The quantitative estimate of drug-likeness (QED) is 0.614. The third-order valence-electron chi connectivity index (χ3n) is 2.79. The van der Waals surface area contributed by atoms with Gasteiger partial charge in [-0.3, -0.25) is 0 Å². The van der Waals surface area contributed by atoms with Crippen molar-refractivity contribution in [3.8, 4) is 5.75 Å². The van der Waals surface area contributed by atoms with Crippen molar-refractivity contribution < 1.29 is 14.2 Å². The van der Waals surface area contributed by atoms with Crippen LogP contribution in [0.2, 0.25) is 0 Å². The van der Waals surface area contributed by atoms with Crippen LogP contribution >= 0.6 is 0 Å². The van der Waals surface area contributed by atoms with Crippen molar-refractivity contribution in [3.05, 3.63) is 18.2 Å². The largest absolute Gasteiger partial charge is 0.489 e. The second-order valence-electron chi connectivity index (χ2n) is 4.29. The average Bonchev–Trinajstić information content (AvgIpc) is 2.57. The highest BCUT2D eigenvalue weighted by atomic mass is 16.5. The van der Waals surface area contributed by atoms with Gasteiger partial charge in [-0.15, -0.1) is 0 Å². The van der Waals surface area contributed by atoms with Crippen LogP contribution in [0.25, 0.3) is 0 Å². The molecule has 0 saturated carbocycles. The van der Waals surface area contributed by atoms with E-state index in [0.717, 1.165) is 36.7 Å². The molecule has 100 valence electrons. The Morgan fingerprint density at radius 1 is 1.44 bits per heavy atom. The highest BCUT2D eigenvalue weighted by Crippen LogP contribution is 2.28. The Morgan fingerprint density at radius 2 is 2.33 bits per heavy atom. The molecule has 2 rings (SSSR count). The standard InChI is InChI=1S/C13H20N2O3/c1-16-5-2-6-17-11-8-15-12-7-10(14)3-4-13(12)18-9-11/h3-4,7,11,15H,2,5-6,8-9,14H2,1H3/t11-/m0/s1. The van der Waals surface area contributed by atoms with E-state index in [-0.39, 0.29) is 6.10 Å². The number of hydrogen-bond acceptors (Lipinski definition) is 5. The first-order chi connectivity index (χ1) is 8.79. The lowest BCUT2D eigenvalue weighted by Gasteiger charge is -2.14. The normalized spacial score (nSPS) is 18.4. The van der Waals surface area contributed by atoms with E-state index < -0.39 is 0 Å². The second kappa shape index (κ2) is 6.47. The van der Waals surface area contributed by atoms with Gasteiger partial charge in [0.1, 0.15) is 18.5 Å². The van der Waals surface area contributed by atoms with Gasteiger partial charge in [0.15, 0.2) is 0 Å². The van der Waals surface area contributed by atoms with Gasteiger partial charge in [0.25, 0.3) is 0 Å². The Kier molecular flexibility index (Phi) is 4.66. The fraction of sp³-hybridized carbons (Fsp3) is 0.538. The number of fused-ring (bicyclic) bond motifs is 1. The molecule has 0 amide bonds. The van der Waals surface area contributed by atoms with Crippen LogP contribution in [0.15, 0.2) is 18.2 Å². The van der Waals surface area contributed by atoms with Gasteiger partial charge in [-0.1, -0.05) is 0 Å². The van der Waals surface area contributed by atoms with Crippen LogP contribution in [-0.4, -0.2) is 39.6 Å². The molecule has 1 aliphatic heterocycles. The Balaban J connectivity index is 1.83. The van der Waals surface area contributed by atoms with Gasteiger partial charge in [0.05, 0.1) is 5.69 Å². The van der Waals surface area contributed by atoms with Gasteiger partial charge < -0.3 is 25.3 Å². The molecule has 0 saturated heterocycles. The molecule has 1 aromatic carbocycles. The van der Waals surface area contributed by atoms with Crippen LogP contribution in [0.1, 0.15) is 6.42 Å². The Hall–Kier alpha value is -1.46. The van der Waals surface area contributed by atoms with Gasteiger partial charge in [-0.25, -0.2) is 0 Å². The molecule has 1 aromatic rings. The molecule has 0 radical (unpaired) electrons. The third-order valence-corrected chi connectivity index (χ3v) is 2.79. The van der Waals surface area contributed by atoms with Gasteiger partial charge in [0.2, 0.25) is 0 Å². The summed E-state index contributed by atoms with van der Waals surface area (Å²) < 4.78 is 16.4. The summed E-state index contributed by atoms with van der Waals surface area (Å²) in [6.45, 7) is 2.68. The molecule has 18 heavy (non-hydrogen) atoms. The van der Waals surface area contributed by atoms with Crippen molar-refractivity contribution in [2.75, 3.05) is 44.5 Å². The fourth-order valence-corrected chi connectivity index (χ4v) is 1.84. The summed E-state index contributed by atoms with van der Waals surface area (Å²) in [6, 6.07) is 5.59. The van der Waals surface area contributed by atoms with E-state index in [9.17, 15) is 0 Å². The highest BCUT2D eigenvalue weighted by Gasteiger charge is 2.16. The SMILES string of the molecule is COCCCO[C@H]1CNc2cc(N)ccc2OC1. The highest BCUT2D eigenvalue weighted by molar-refractivity contribution is 5.63. The molecule has 0 bridgehead atoms. The van der Waals surface area contributed by atoms with Gasteiger partial charge >= 0.3 is 0 Å². The van der Waals surface area contributed by atoms with Gasteiger partial charge in [-0.2, -0.15) is 0 Å². The molecule has 0 aliphatic carbocycles. The molecule has 0 fully saturated rings. The Labute approximate surface area is 107 Å². The number of nitrogen functional groups attached to an aromatic ring is 1. The summed E-state index contributed by atoms with van der Waals surface area (Å²) in [5, 5.41) is 3.30. The molecule has 5 nitrogen and oxygen atoms in total. The molecule has 0 aromatic heterocycles. The molecular formula is C13H20N2O3. The average molecular weight is 252 g/mol. The first-order valence-corrected chi connectivity index (χ1v) is 6.16. The van der Waals surface area contributed by atoms with E-state index in [0.29, 0.717) is 13.2 Å². The summed E-state index contributed by atoms with van der Waals surface area (Å²) in [4.78, 5) is 0. The molecule has 0 unspecified atom stereocenters. The van der Waals surface area contributed by atoms with E-state index in [1.54, 1.807) is 7.11 Å². The van der Waals surface area contributed by atoms with Crippen molar-refractivity contribution >= 4 is 11.4 Å². The van der Waals surface area contributed by atoms with Gasteiger partial charge in [-0.05, 0) is 24.6 Å². The smallest absolute Gasteiger partial charge is 0.142 e. The van der Waals surface area contributed by atoms with Crippen molar-refractivity contribution in [2.24, 2.45) is 0 Å². The van der Waals surface area contributed by atoms with Crippen LogP contribution in [-0.2, 0) is 9.47 Å². The lowest BCUT2D eigenvalue weighted by molar-refractivity contribution is 0.0214. The Morgan fingerprint density at radius 3 is 3.17 bits per heavy atom. The molecule has 1 aliphatic rings. The minimum absolute atomic E-state index is 0.0514. The molecule has 0 spiro atoms. The van der Waals surface area contributed by atoms with Crippen LogP contribution in [0.5, 0.6) is 5.75 Å². The number of anilines is 2. The van der Waals surface area contributed by atoms with E-state index >= 15 is 0 Å². The summed E-state index contributed by atoms with van der Waals surface area (Å²) in [6.07, 6.45) is 0.947. The maximum absolute atomic E-state index is 5.74.